The molecule has 0 aliphatic carbocycles. The first-order chi connectivity index (χ1) is 16.2. The lowest BCUT2D eigenvalue weighted by Gasteiger charge is -2.31. The number of Topliss-reactive ketones (excluding diaryl/α,β-unsaturated/α-hetero) is 1. The maximum absolute atomic E-state index is 14.2. The fraction of sp³-hybridized carbons (Fsp3) is 0.0690. The molecule has 1 atom stereocenters. The largest absolute Gasteiger partial charge is 0.497 e. The maximum Gasteiger partial charge on any atom is 0.199 e. The molecule has 0 saturated heterocycles. The molecule has 2 heterocycles. The number of anilines is 1. The van der Waals surface area contributed by atoms with Crippen LogP contribution in [0.3, 0.4) is 0 Å². The fourth-order valence-corrected chi connectivity index (χ4v) is 4.97. The third-order valence-electron chi connectivity index (χ3n) is 6.50. The van der Waals surface area contributed by atoms with Gasteiger partial charge in [0.2, 0.25) is 0 Å². The minimum atomic E-state index is -1.06. The monoisotopic (exact) mass is 430 g/mol. The van der Waals surface area contributed by atoms with Crippen molar-refractivity contribution < 1.29 is 9.53 Å². The van der Waals surface area contributed by atoms with Crippen LogP contribution in [0, 0.1) is 0 Å². The Morgan fingerprint density at radius 1 is 0.758 bits per heavy atom. The van der Waals surface area contributed by atoms with Crippen molar-refractivity contribution in [1.29, 1.82) is 0 Å². The van der Waals surface area contributed by atoms with E-state index in [1.807, 2.05) is 91.0 Å². The van der Waals surface area contributed by atoms with Crippen molar-refractivity contribution in [3.05, 3.63) is 120 Å². The minimum absolute atomic E-state index is 0.0452. The van der Waals surface area contributed by atoms with Crippen LogP contribution in [-0.2, 0) is 5.54 Å². The summed E-state index contributed by atoms with van der Waals surface area (Å²) >= 11 is 0. The number of fused-ring (bicyclic) bond motifs is 2. The van der Waals surface area contributed by atoms with Gasteiger partial charge in [-0.1, -0.05) is 60.7 Å². The zero-order chi connectivity index (χ0) is 22.4. The highest BCUT2D eigenvalue weighted by atomic mass is 16.5. The molecule has 33 heavy (non-hydrogen) atoms. The van der Waals surface area contributed by atoms with E-state index in [2.05, 4.69) is 22.4 Å². The number of benzene rings is 4. The lowest BCUT2D eigenvalue weighted by Crippen LogP contribution is -2.40. The molecule has 1 aliphatic heterocycles. The second-order valence-electron chi connectivity index (χ2n) is 8.26. The number of aromatic nitrogens is 1. The standard InChI is InChI=1S/C29H22N2O2/c1-33-21-17-15-19(16-18-21)27-26(22-11-5-7-13-24(22)30-27)29(20-9-3-2-4-10-20)28(32)23-12-6-8-14-25(23)31-29/h2-18,30-31H,1H3. The zero-order valence-corrected chi connectivity index (χ0v) is 18.1. The van der Waals surface area contributed by atoms with E-state index in [0.717, 1.165) is 44.7 Å². The molecule has 2 N–H and O–H groups in total. The van der Waals surface area contributed by atoms with Gasteiger partial charge in [-0.25, -0.2) is 0 Å². The summed E-state index contributed by atoms with van der Waals surface area (Å²) in [5.41, 5.74) is 5.21. The van der Waals surface area contributed by atoms with Gasteiger partial charge >= 0.3 is 0 Å². The molecule has 1 aromatic heterocycles. The number of ketones is 1. The molecule has 0 amide bonds. The Balaban J connectivity index is 1.70. The summed E-state index contributed by atoms with van der Waals surface area (Å²) in [5.74, 6) is 0.834. The number of H-pyrrole nitrogens is 1. The molecule has 0 bridgehead atoms. The molecular formula is C29H22N2O2. The van der Waals surface area contributed by atoms with E-state index in [4.69, 9.17) is 4.74 Å². The molecule has 0 fully saturated rings. The average molecular weight is 431 g/mol. The van der Waals surface area contributed by atoms with Crippen molar-refractivity contribution in [1.82, 2.24) is 4.98 Å². The van der Waals surface area contributed by atoms with Gasteiger partial charge in [0.05, 0.1) is 12.8 Å². The minimum Gasteiger partial charge on any atom is -0.497 e. The van der Waals surface area contributed by atoms with E-state index < -0.39 is 5.54 Å². The van der Waals surface area contributed by atoms with Gasteiger partial charge in [-0.05, 0) is 53.6 Å². The van der Waals surface area contributed by atoms with Gasteiger partial charge in [0.25, 0.3) is 0 Å². The first-order valence-electron chi connectivity index (χ1n) is 11.0. The molecule has 0 radical (unpaired) electrons. The second kappa shape index (κ2) is 7.38. The summed E-state index contributed by atoms with van der Waals surface area (Å²) in [6, 6.07) is 33.8. The third kappa shape index (κ3) is 2.81. The molecule has 1 unspecified atom stereocenters. The Hall–Kier alpha value is -4.31. The number of carbonyl (C=O) groups excluding carboxylic acids is 1. The molecule has 6 rings (SSSR count). The topological polar surface area (TPSA) is 54.1 Å². The van der Waals surface area contributed by atoms with Crippen LogP contribution >= 0.6 is 0 Å². The molecule has 5 aromatic rings. The highest BCUT2D eigenvalue weighted by Crippen LogP contribution is 2.49. The Morgan fingerprint density at radius 2 is 1.45 bits per heavy atom. The lowest BCUT2D eigenvalue weighted by molar-refractivity contribution is 0.0942. The molecule has 4 aromatic carbocycles. The van der Waals surface area contributed by atoms with Crippen LogP contribution in [-0.4, -0.2) is 17.9 Å². The Morgan fingerprint density at radius 3 is 2.21 bits per heavy atom. The quantitative estimate of drug-likeness (QED) is 0.347. The first kappa shape index (κ1) is 19.4. The summed E-state index contributed by atoms with van der Waals surface area (Å²) in [6.45, 7) is 0. The second-order valence-corrected chi connectivity index (χ2v) is 8.26. The highest BCUT2D eigenvalue weighted by Gasteiger charge is 2.50. The summed E-state index contributed by atoms with van der Waals surface area (Å²) < 4.78 is 5.37. The normalized spacial score (nSPS) is 17.1. The van der Waals surface area contributed by atoms with Gasteiger partial charge in [-0.2, -0.15) is 0 Å². The number of rotatable bonds is 4. The van der Waals surface area contributed by atoms with Gasteiger partial charge in [0.15, 0.2) is 11.3 Å². The van der Waals surface area contributed by atoms with Crippen LogP contribution in [0.2, 0.25) is 0 Å². The van der Waals surface area contributed by atoms with Gasteiger partial charge in [0.1, 0.15) is 5.75 Å². The SMILES string of the molecule is COc1ccc(-c2[nH]c3ccccc3c2C2(c3ccccc3)Nc3ccccc3C2=O)cc1. The number of hydrogen-bond donors (Lipinski definition) is 2. The summed E-state index contributed by atoms with van der Waals surface area (Å²) in [4.78, 5) is 17.9. The van der Waals surface area contributed by atoms with E-state index in [1.165, 1.54) is 0 Å². The van der Waals surface area contributed by atoms with E-state index >= 15 is 0 Å². The highest BCUT2D eigenvalue weighted by molar-refractivity contribution is 6.18. The smallest absolute Gasteiger partial charge is 0.199 e. The molecule has 4 nitrogen and oxygen atoms in total. The summed E-state index contributed by atoms with van der Waals surface area (Å²) in [5, 5.41) is 4.66. The van der Waals surface area contributed by atoms with Crippen molar-refractivity contribution >= 4 is 22.4 Å². The van der Waals surface area contributed by atoms with Gasteiger partial charge in [-0.15, -0.1) is 0 Å². The van der Waals surface area contributed by atoms with E-state index in [9.17, 15) is 4.79 Å². The van der Waals surface area contributed by atoms with Crippen molar-refractivity contribution in [2.75, 3.05) is 12.4 Å². The van der Waals surface area contributed by atoms with E-state index in [-0.39, 0.29) is 5.78 Å². The Bertz CT molecular complexity index is 1490. The van der Waals surface area contributed by atoms with Gasteiger partial charge in [-0.3, -0.25) is 4.79 Å². The number of hydrogen-bond acceptors (Lipinski definition) is 3. The van der Waals surface area contributed by atoms with Crippen LogP contribution in [0.4, 0.5) is 5.69 Å². The van der Waals surface area contributed by atoms with E-state index in [1.54, 1.807) is 7.11 Å². The molecule has 0 spiro atoms. The maximum atomic E-state index is 14.2. The van der Waals surface area contributed by atoms with Gasteiger partial charge < -0.3 is 15.0 Å². The predicted molar refractivity (Wildman–Crippen MR) is 132 cm³/mol. The number of carbonyl (C=O) groups is 1. The zero-order valence-electron chi connectivity index (χ0n) is 18.1. The molecule has 160 valence electrons. The Labute approximate surface area is 191 Å². The average Bonchev–Trinajstić information content (AvgIpc) is 3.41. The molecule has 1 aliphatic rings. The van der Waals surface area contributed by atoms with Gasteiger partial charge in [0, 0.05) is 27.7 Å². The summed E-state index contributed by atoms with van der Waals surface area (Å²) in [7, 11) is 1.66. The number of methoxy groups -OCH3 is 1. The van der Waals surface area contributed by atoms with Crippen molar-refractivity contribution in [2.24, 2.45) is 0 Å². The van der Waals surface area contributed by atoms with Crippen LogP contribution in [0.1, 0.15) is 21.5 Å². The Kier molecular flexibility index (Phi) is 4.34. The first-order valence-corrected chi connectivity index (χ1v) is 11.0. The van der Waals surface area contributed by atoms with Crippen molar-refractivity contribution in [3.63, 3.8) is 0 Å². The summed E-state index contributed by atoms with van der Waals surface area (Å²) in [6.07, 6.45) is 0. The fourth-order valence-electron chi connectivity index (χ4n) is 4.97. The molecular weight excluding hydrogens is 408 g/mol. The number of nitrogens with one attached hydrogen (secondary N) is 2. The predicted octanol–water partition coefficient (Wildman–Crippen LogP) is 6.40. The van der Waals surface area contributed by atoms with Crippen molar-refractivity contribution in [2.45, 2.75) is 5.54 Å². The van der Waals surface area contributed by atoms with Crippen LogP contribution < -0.4 is 10.1 Å². The van der Waals surface area contributed by atoms with E-state index in [0.29, 0.717) is 5.56 Å². The molecule has 4 heteroatoms. The lowest BCUT2D eigenvalue weighted by atomic mass is 9.77. The third-order valence-corrected chi connectivity index (χ3v) is 6.50. The number of ether oxygens (including phenoxy) is 1. The van der Waals surface area contributed by atoms with Crippen LogP contribution in [0.15, 0.2) is 103 Å². The van der Waals surface area contributed by atoms with Crippen LogP contribution in [0.5, 0.6) is 5.75 Å². The molecule has 0 saturated carbocycles. The van der Waals surface area contributed by atoms with Crippen molar-refractivity contribution in [3.8, 4) is 17.0 Å². The van der Waals surface area contributed by atoms with Crippen LogP contribution in [0.25, 0.3) is 22.2 Å². The number of aromatic amines is 1. The number of para-hydroxylation sites is 2.